The molecule has 1 saturated carbocycles. The van der Waals surface area contributed by atoms with E-state index in [0.717, 1.165) is 29.7 Å². The Morgan fingerprint density at radius 3 is 2.78 bits per heavy atom. The number of para-hydroxylation sites is 1. The van der Waals surface area contributed by atoms with Crippen molar-refractivity contribution in [3.05, 3.63) is 59.9 Å². The van der Waals surface area contributed by atoms with Gasteiger partial charge in [-0.05, 0) is 25.0 Å². The second-order valence-corrected chi connectivity index (χ2v) is 7.09. The van der Waals surface area contributed by atoms with Crippen molar-refractivity contribution in [3.63, 3.8) is 0 Å². The normalized spacial score (nSPS) is 14.7. The molecule has 2 N–H and O–H groups in total. The molecule has 5 nitrogen and oxygen atoms in total. The number of aromatic nitrogens is 1. The van der Waals surface area contributed by atoms with Crippen LogP contribution in [0.2, 0.25) is 0 Å². The van der Waals surface area contributed by atoms with Gasteiger partial charge < -0.3 is 15.4 Å². The summed E-state index contributed by atoms with van der Waals surface area (Å²) in [4.78, 5) is 16.2. The maximum Gasteiger partial charge on any atom is 0.221 e. The average Bonchev–Trinajstić information content (AvgIpc) is 2.72. The van der Waals surface area contributed by atoms with E-state index in [1.807, 2.05) is 42.6 Å². The number of nitrogens with one attached hydrogen (secondary N) is 2. The van der Waals surface area contributed by atoms with Crippen LogP contribution in [0.25, 0.3) is 0 Å². The second kappa shape index (κ2) is 10.7. The number of carbonyl (C=O) groups is 1. The molecule has 1 amide bonds. The lowest BCUT2D eigenvalue weighted by atomic mass is 9.95. The summed E-state index contributed by atoms with van der Waals surface area (Å²) >= 11 is 0. The van der Waals surface area contributed by atoms with Crippen molar-refractivity contribution in [3.8, 4) is 5.75 Å². The fraction of sp³-hybridized carbons (Fsp3) is 0.455. The molecule has 0 spiro atoms. The van der Waals surface area contributed by atoms with Crippen LogP contribution < -0.4 is 15.4 Å². The Morgan fingerprint density at radius 1 is 1.11 bits per heavy atom. The van der Waals surface area contributed by atoms with E-state index in [2.05, 4.69) is 15.6 Å². The molecule has 1 aromatic carbocycles. The lowest BCUT2D eigenvalue weighted by molar-refractivity contribution is -0.121. The minimum Gasteiger partial charge on any atom is -0.489 e. The highest BCUT2D eigenvalue weighted by molar-refractivity contribution is 5.76. The molecular weight excluding hydrogens is 338 g/mol. The summed E-state index contributed by atoms with van der Waals surface area (Å²) in [6.07, 6.45) is 10.1. The van der Waals surface area contributed by atoms with Crippen molar-refractivity contribution in [2.45, 2.75) is 57.7 Å². The third-order valence-electron chi connectivity index (χ3n) is 4.90. The van der Waals surface area contributed by atoms with Gasteiger partial charge in [-0.25, -0.2) is 0 Å². The summed E-state index contributed by atoms with van der Waals surface area (Å²) in [6.45, 7) is 1.84. The van der Waals surface area contributed by atoms with Crippen LogP contribution in [0, 0.1) is 0 Å². The van der Waals surface area contributed by atoms with Crippen molar-refractivity contribution in [1.82, 2.24) is 15.6 Å². The molecule has 1 aliphatic carbocycles. The molecule has 0 bridgehead atoms. The molecule has 0 radical (unpaired) electrons. The Kier molecular flexibility index (Phi) is 7.66. The monoisotopic (exact) mass is 367 g/mol. The van der Waals surface area contributed by atoms with Crippen LogP contribution in [0.4, 0.5) is 0 Å². The Labute approximate surface area is 161 Å². The minimum absolute atomic E-state index is 0.149. The summed E-state index contributed by atoms with van der Waals surface area (Å²) in [5.74, 6) is 1.01. The molecule has 2 aromatic rings. The molecule has 0 saturated heterocycles. The molecule has 1 aromatic heterocycles. The van der Waals surface area contributed by atoms with Crippen LogP contribution in [0.15, 0.2) is 48.8 Å². The van der Waals surface area contributed by atoms with Crippen molar-refractivity contribution < 1.29 is 9.53 Å². The SMILES string of the molecule is O=C(CCNCc1ccccc1OCc1cccnc1)NC1CCCCC1. The summed E-state index contributed by atoms with van der Waals surface area (Å²) in [5, 5.41) is 6.51. The fourth-order valence-corrected chi connectivity index (χ4v) is 3.41. The van der Waals surface area contributed by atoms with Gasteiger partial charge in [0.05, 0.1) is 0 Å². The number of carbonyl (C=O) groups excluding carboxylic acids is 1. The number of rotatable bonds is 9. The fourth-order valence-electron chi connectivity index (χ4n) is 3.41. The molecule has 3 rings (SSSR count). The van der Waals surface area contributed by atoms with E-state index in [0.29, 0.717) is 32.2 Å². The van der Waals surface area contributed by atoms with Crippen LogP contribution in [0.5, 0.6) is 5.75 Å². The number of benzene rings is 1. The molecule has 1 heterocycles. The first kappa shape index (κ1) is 19.4. The third kappa shape index (κ3) is 6.68. The average molecular weight is 367 g/mol. The molecule has 5 heteroatoms. The van der Waals surface area contributed by atoms with Crippen molar-refractivity contribution in [1.29, 1.82) is 0 Å². The summed E-state index contributed by atoms with van der Waals surface area (Å²) in [5.41, 5.74) is 2.13. The molecule has 0 aliphatic heterocycles. The molecular formula is C22H29N3O2. The lowest BCUT2D eigenvalue weighted by Crippen LogP contribution is -2.37. The van der Waals surface area contributed by atoms with E-state index < -0.39 is 0 Å². The van der Waals surface area contributed by atoms with E-state index in [-0.39, 0.29) is 5.91 Å². The van der Waals surface area contributed by atoms with E-state index in [9.17, 15) is 4.79 Å². The Balaban J connectivity index is 1.39. The number of pyridine rings is 1. The first-order chi connectivity index (χ1) is 13.3. The van der Waals surface area contributed by atoms with Gasteiger partial charge in [-0.3, -0.25) is 9.78 Å². The van der Waals surface area contributed by atoms with Gasteiger partial charge in [0.25, 0.3) is 0 Å². The molecule has 0 atom stereocenters. The zero-order chi connectivity index (χ0) is 18.7. The quantitative estimate of drug-likeness (QED) is 0.665. The van der Waals surface area contributed by atoms with Crippen LogP contribution >= 0.6 is 0 Å². The van der Waals surface area contributed by atoms with Gasteiger partial charge in [0, 0.05) is 49.1 Å². The van der Waals surface area contributed by atoms with Gasteiger partial charge in [-0.1, -0.05) is 43.5 Å². The molecule has 0 unspecified atom stereocenters. The predicted molar refractivity (Wildman–Crippen MR) is 106 cm³/mol. The molecule has 144 valence electrons. The van der Waals surface area contributed by atoms with Crippen molar-refractivity contribution >= 4 is 5.91 Å². The predicted octanol–water partition coefficient (Wildman–Crippen LogP) is 3.59. The zero-order valence-electron chi connectivity index (χ0n) is 15.8. The van der Waals surface area contributed by atoms with Crippen LogP contribution in [-0.4, -0.2) is 23.5 Å². The highest BCUT2D eigenvalue weighted by atomic mass is 16.5. The second-order valence-electron chi connectivity index (χ2n) is 7.09. The smallest absolute Gasteiger partial charge is 0.221 e. The zero-order valence-corrected chi connectivity index (χ0v) is 15.8. The number of amides is 1. The van der Waals surface area contributed by atoms with Crippen LogP contribution in [0.3, 0.4) is 0 Å². The van der Waals surface area contributed by atoms with Gasteiger partial charge in [0.2, 0.25) is 5.91 Å². The maximum absolute atomic E-state index is 12.1. The van der Waals surface area contributed by atoms with Crippen LogP contribution in [0.1, 0.15) is 49.7 Å². The van der Waals surface area contributed by atoms with Crippen molar-refractivity contribution in [2.75, 3.05) is 6.54 Å². The van der Waals surface area contributed by atoms with E-state index in [1.54, 1.807) is 6.20 Å². The first-order valence-electron chi connectivity index (χ1n) is 9.91. The van der Waals surface area contributed by atoms with E-state index >= 15 is 0 Å². The summed E-state index contributed by atoms with van der Waals surface area (Å²) in [7, 11) is 0. The molecule has 27 heavy (non-hydrogen) atoms. The lowest BCUT2D eigenvalue weighted by Gasteiger charge is -2.22. The number of nitrogens with zero attached hydrogens (tertiary/aromatic N) is 1. The molecule has 1 fully saturated rings. The summed E-state index contributed by atoms with van der Waals surface area (Å²) < 4.78 is 5.94. The minimum atomic E-state index is 0.149. The highest BCUT2D eigenvalue weighted by Crippen LogP contribution is 2.19. The number of hydrogen-bond donors (Lipinski definition) is 2. The Bertz CT molecular complexity index is 700. The van der Waals surface area contributed by atoms with E-state index in [1.165, 1.54) is 19.3 Å². The van der Waals surface area contributed by atoms with Gasteiger partial charge in [-0.15, -0.1) is 0 Å². The van der Waals surface area contributed by atoms with Gasteiger partial charge in [0.15, 0.2) is 0 Å². The van der Waals surface area contributed by atoms with Crippen LogP contribution in [-0.2, 0) is 17.9 Å². The number of ether oxygens (including phenoxy) is 1. The standard InChI is InChI=1S/C22H29N3O2/c26-22(25-20-9-2-1-3-10-20)12-14-24-16-19-8-4-5-11-21(19)27-17-18-7-6-13-23-15-18/h4-8,11,13,15,20,24H,1-3,9-10,12,14,16-17H2,(H,25,26). The number of hydrogen-bond acceptors (Lipinski definition) is 4. The van der Waals surface area contributed by atoms with Gasteiger partial charge in [-0.2, -0.15) is 0 Å². The first-order valence-corrected chi connectivity index (χ1v) is 9.91. The third-order valence-corrected chi connectivity index (χ3v) is 4.90. The maximum atomic E-state index is 12.1. The van der Waals surface area contributed by atoms with Gasteiger partial charge >= 0.3 is 0 Å². The van der Waals surface area contributed by atoms with E-state index in [4.69, 9.17) is 4.74 Å². The Morgan fingerprint density at radius 2 is 1.96 bits per heavy atom. The largest absolute Gasteiger partial charge is 0.489 e. The summed E-state index contributed by atoms with van der Waals surface area (Å²) in [6, 6.07) is 12.3. The molecule has 1 aliphatic rings. The Hall–Kier alpha value is -2.40. The van der Waals surface area contributed by atoms with Gasteiger partial charge in [0.1, 0.15) is 12.4 Å². The van der Waals surface area contributed by atoms with Crippen molar-refractivity contribution in [2.24, 2.45) is 0 Å². The topological polar surface area (TPSA) is 63.2 Å². The highest BCUT2D eigenvalue weighted by Gasteiger charge is 2.15.